The average molecular weight is 235 g/mol. The van der Waals surface area contributed by atoms with E-state index in [-0.39, 0.29) is 0 Å². The molecule has 1 aromatic rings. The number of thioether (sulfide) groups is 1. The molecule has 2 heteroatoms. The molecule has 1 aliphatic rings. The molecule has 0 aromatic heterocycles. The van der Waals surface area contributed by atoms with E-state index in [0.717, 1.165) is 6.04 Å². The lowest BCUT2D eigenvalue weighted by Crippen LogP contribution is -2.34. The molecular weight excluding hydrogens is 214 g/mol. The maximum Gasteiger partial charge on any atom is 0.0294 e. The van der Waals surface area contributed by atoms with E-state index in [1.807, 2.05) is 0 Å². The van der Waals surface area contributed by atoms with Crippen LogP contribution in [-0.4, -0.2) is 17.5 Å². The van der Waals surface area contributed by atoms with Crippen LogP contribution in [-0.2, 0) is 0 Å². The second-order valence-corrected chi connectivity index (χ2v) is 5.91. The van der Waals surface area contributed by atoms with E-state index in [2.05, 4.69) is 55.2 Å². The van der Waals surface area contributed by atoms with E-state index < -0.39 is 0 Å². The standard InChI is InChI=1S/C14H21NS/c1-11-3-5-13(6-4-11)12(2)15-14-7-9-16-10-8-14/h3-6,12,14-15H,7-10H2,1-2H3/t12-/m1/s1. The third-order valence-corrected chi connectivity index (χ3v) is 4.33. The highest BCUT2D eigenvalue weighted by Gasteiger charge is 2.16. The Balaban J connectivity index is 1.91. The van der Waals surface area contributed by atoms with Crippen molar-refractivity contribution in [3.05, 3.63) is 35.4 Å². The van der Waals surface area contributed by atoms with Crippen molar-refractivity contribution in [2.75, 3.05) is 11.5 Å². The highest BCUT2D eigenvalue weighted by atomic mass is 32.2. The number of hydrogen-bond donors (Lipinski definition) is 1. The first-order chi connectivity index (χ1) is 7.75. The number of benzene rings is 1. The van der Waals surface area contributed by atoms with Gasteiger partial charge in [-0.3, -0.25) is 0 Å². The van der Waals surface area contributed by atoms with Gasteiger partial charge in [-0.05, 0) is 43.8 Å². The SMILES string of the molecule is Cc1ccc([C@@H](C)NC2CCSCC2)cc1. The van der Waals surface area contributed by atoms with Gasteiger partial charge in [-0.15, -0.1) is 0 Å². The highest BCUT2D eigenvalue weighted by Crippen LogP contribution is 2.21. The Hall–Kier alpha value is -0.470. The lowest BCUT2D eigenvalue weighted by Gasteiger charge is -2.26. The summed E-state index contributed by atoms with van der Waals surface area (Å²) in [7, 11) is 0. The number of rotatable bonds is 3. The smallest absolute Gasteiger partial charge is 0.0294 e. The predicted molar refractivity (Wildman–Crippen MR) is 73.1 cm³/mol. The van der Waals surface area contributed by atoms with Gasteiger partial charge in [0.25, 0.3) is 0 Å². The van der Waals surface area contributed by atoms with Gasteiger partial charge in [-0.2, -0.15) is 11.8 Å². The Bertz CT molecular complexity index is 314. The monoisotopic (exact) mass is 235 g/mol. The van der Waals surface area contributed by atoms with E-state index in [4.69, 9.17) is 0 Å². The Morgan fingerprint density at radius 3 is 2.44 bits per heavy atom. The molecule has 1 aliphatic heterocycles. The van der Waals surface area contributed by atoms with Crippen molar-refractivity contribution < 1.29 is 0 Å². The van der Waals surface area contributed by atoms with Gasteiger partial charge >= 0.3 is 0 Å². The molecule has 1 nitrogen and oxygen atoms in total. The van der Waals surface area contributed by atoms with Crippen molar-refractivity contribution in [2.24, 2.45) is 0 Å². The molecule has 0 aliphatic carbocycles. The molecule has 16 heavy (non-hydrogen) atoms. The van der Waals surface area contributed by atoms with Gasteiger partial charge in [0.1, 0.15) is 0 Å². The minimum atomic E-state index is 0.480. The maximum absolute atomic E-state index is 3.74. The van der Waals surface area contributed by atoms with Crippen molar-refractivity contribution in [2.45, 2.75) is 38.8 Å². The van der Waals surface area contributed by atoms with Crippen LogP contribution in [0.1, 0.15) is 36.9 Å². The fourth-order valence-corrected chi connectivity index (χ4v) is 3.28. The van der Waals surface area contributed by atoms with E-state index in [1.165, 1.54) is 35.5 Å². The quantitative estimate of drug-likeness (QED) is 0.860. The van der Waals surface area contributed by atoms with Crippen LogP contribution in [0.15, 0.2) is 24.3 Å². The summed E-state index contributed by atoms with van der Waals surface area (Å²) >= 11 is 2.08. The minimum absolute atomic E-state index is 0.480. The Morgan fingerprint density at radius 1 is 1.19 bits per heavy atom. The first kappa shape index (κ1) is 12.0. The Labute approximate surface area is 103 Å². The molecule has 1 fully saturated rings. The number of nitrogens with one attached hydrogen (secondary N) is 1. The van der Waals surface area contributed by atoms with Crippen LogP contribution in [0.5, 0.6) is 0 Å². The van der Waals surface area contributed by atoms with Crippen molar-refractivity contribution >= 4 is 11.8 Å². The fraction of sp³-hybridized carbons (Fsp3) is 0.571. The minimum Gasteiger partial charge on any atom is -0.307 e. The van der Waals surface area contributed by atoms with Crippen molar-refractivity contribution in [3.63, 3.8) is 0 Å². The van der Waals surface area contributed by atoms with Crippen molar-refractivity contribution in [3.8, 4) is 0 Å². The molecular formula is C14H21NS. The molecule has 0 radical (unpaired) electrons. The molecule has 1 heterocycles. The van der Waals surface area contributed by atoms with E-state index >= 15 is 0 Å². The molecule has 1 atom stereocenters. The molecule has 0 unspecified atom stereocenters. The molecule has 1 aromatic carbocycles. The summed E-state index contributed by atoms with van der Waals surface area (Å²) in [6.07, 6.45) is 2.64. The summed E-state index contributed by atoms with van der Waals surface area (Å²) in [5.74, 6) is 2.64. The Morgan fingerprint density at radius 2 is 1.81 bits per heavy atom. The summed E-state index contributed by atoms with van der Waals surface area (Å²) in [5, 5.41) is 3.74. The molecule has 1 N–H and O–H groups in total. The summed E-state index contributed by atoms with van der Waals surface area (Å²) in [6.45, 7) is 4.41. The average Bonchev–Trinajstić information content (AvgIpc) is 2.31. The zero-order valence-electron chi connectivity index (χ0n) is 10.2. The topological polar surface area (TPSA) is 12.0 Å². The molecule has 2 rings (SSSR count). The molecule has 0 saturated carbocycles. The summed E-state index contributed by atoms with van der Waals surface area (Å²) in [4.78, 5) is 0. The molecule has 0 amide bonds. The zero-order chi connectivity index (χ0) is 11.4. The van der Waals surface area contributed by atoms with Crippen LogP contribution in [0.2, 0.25) is 0 Å². The predicted octanol–water partition coefficient (Wildman–Crippen LogP) is 3.54. The lowest BCUT2D eigenvalue weighted by molar-refractivity contribution is 0.431. The zero-order valence-corrected chi connectivity index (χ0v) is 11.0. The van der Waals surface area contributed by atoms with Gasteiger partial charge in [0, 0.05) is 12.1 Å². The van der Waals surface area contributed by atoms with Crippen LogP contribution in [0.3, 0.4) is 0 Å². The van der Waals surface area contributed by atoms with Gasteiger partial charge in [0.2, 0.25) is 0 Å². The third-order valence-electron chi connectivity index (χ3n) is 3.28. The van der Waals surface area contributed by atoms with Crippen LogP contribution in [0.25, 0.3) is 0 Å². The van der Waals surface area contributed by atoms with Crippen molar-refractivity contribution in [1.29, 1.82) is 0 Å². The van der Waals surface area contributed by atoms with Crippen LogP contribution in [0, 0.1) is 6.92 Å². The van der Waals surface area contributed by atoms with Gasteiger partial charge in [0.05, 0.1) is 0 Å². The van der Waals surface area contributed by atoms with E-state index in [9.17, 15) is 0 Å². The second kappa shape index (κ2) is 5.74. The molecule has 1 saturated heterocycles. The van der Waals surface area contributed by atoms with E-state index in [1.54, 1.807) is 0 Å². The fourth-order valence-electron chi connectivity index (χ4n) is 2.17. The normalized spacial score (nSPS) is 19.6. The third kappa shape index (κ3) is 3.26. The van der Waals surface area contributed by atoms with Gasteiger partial charge in [0.15, 0.2) is 0 Å². The maximum atomic E-state index is 3.74. The molecule has 0 bridgehead atoms. The Kier molecular flexibility index (Phi) is 4.30. The van der Waals surface area contributed by atoms with Crippen LogP contribution >= 0.6 is 11.8 Å². The molecule has 88 valence electrons. The first-order valence-corrected chi connectivity index (χ1v) is 7.31. The number of aryl methyl sites for hydroxylation is 1. The van der Waals surface area contributed by atoms with Crippen LogP contribution < -0.4 is 5.32 Å². The largest absolute Gasteiger partial charge is 0.307 e. The first-order valence-electron chi connectivity index (χ1n) is 6.16. The highest BCUT2D eigenvalue weighted by molar-refractivity contribution is 7.99. The van der Waals surface area contributed by atoms with Crippen molar-refractivity contribution in [1.82, 2.24) is 5.32 Å². The van der Waals surface area contributed by atoms with Gasteiger partial charge < -0.3 is 5.32 Å². The van der Waals surface area contributed by atoms with Crippen LogP contribution in [0.4, 0.5) is 0 Å². The molecule has 0 spiro atoms. The lowest BCUT2D eigenvalue weighted by atomic mass is 10.0. The summed E-state index contributed by atoms with van der Waals surface area (Å²) < 4.78 is 0. The van der Waals surface area contributed by atoms with Gasteiger partial charge in [-0.25, -0.2) is 0 Å². The summed E-state index contributed by atoms with van der Waals surface area (Å²) in [5.41, 5.74) is 2.74. The second-order valence-electron chi connectivity index (χ2n) is 4.69. The number of hydrogen-bond acceptors (Lipinski definition) is 2. The van der Waals surface area contributed by atoms with Gasteiger partial charge in [-0.1, -0.05) is 29.8 Å². The summed E-state index contributed by atoms with van der Waals surface area (Å²) in [6, 6.07) is 10.1. The van der Waals surface area contributed by atoms with E-state index in [0.29, 0.717) is 6.04 Å².